The number of ether oxygens (including phenoxy) is 1. The molecule has 4 nitrogen and oxygen atoms in total. The van der Waals surface area contributed by atoms with Crippen LogP contribution in [0.25, 0.3) is 0 Å². The van der Waals surface area contributed by atoms with E-state index < -0.39 is 5.60 Å². The molecule has 0 heterocycles. The van der Waals surface area contributed by atoms with E-state index in [1.807, 2.05) is 0 Å². The van der Waals surface area contributed by atoms with Crippen LogP contribution in [0.2, 0.25) is 0 Å². The molecule has 0 unspecified atom stereocenters. The van der Waals surface area contributed by atoms with Crippen molar-refractivity contribution >= 4 is 5.91 Å². The van der Waals surface area contributed by atoms with E-state index in [-0.39, 0.29) is 24.9 Å². The number of carbonyl (C=O) groups is 1. The molecular formula is C13H16FNO3. The number of rotatable bonds is 5. The summed E-state index contributed by atoms with van der Waals surface area (Å²) in [5, 5.41) is 12.4. The minimum Gasteiger partial charge on any atom is -0.484 e. The second-order valence-electron chi connectivity index (χ2n) is 4.60. The Morgan fingerprint density at radius 2 is 2.06 bits per heavy atom. The van der Waals surface area contributed by atoms with Gasteiger partial charge in [0.1, 0.15) is 11.6 Å². The highest BCUT2D eigenvalue weighted by atomic mass is 19.1. The Labute approximate surface area is 105 Å². The lowest BCUT2D eigenvalue weighted by Gasteiger charge is -2.36. The van der Waals surface area contributed by atoms with Crippen LogP contribution in [-0.2, 0) is 4.79 Å². The molecule has 18 heavy (non-hydrogen) atoms. The fourth-order valence-electron chi connectivity index (χ4n) is 1.76. The minimum absolute atomic E-state index is 0.137. The average Bonchev–Trinajstić information content (AvgIpc) is 2.33. The van der Waals surface area contributed by atoms with Crippen molar-refractivity contribution in [1.82, 2.24) is 5.32 Å². The molecule has 0 atom stereocenters. The molecule has 0 aliphatic heterocycles. The summed E-state index contributed by atoms with van der Waals surface area (Å²) in [7, 11) is 0. The molecule has 0 aromatic heterocycles. The van der Waals surface area contributed by atoms with Gasteiger partial charge in [-0.25, -0.2) is 4.39 Å². The summed E-state index contributed by atoms with van der Waals surface area (Å²) in [5.74, 6) is -0.201. The quantitative estimate of drug-likeness (QED) is 0.830. The summed E-state index contributed by atoms with van der Waals surface area (Å²) >= 11 is 0. The van der Waals surface area contributed by atoms with Crippen LogP contribution < -0.4 is 10.1 Å². The second-order valence-corrected chi connectivity index (χ2v) is 4.60. The zero-order chi connectivity index (χ0) is 13.0. The standard InChI is InChI=1S/C13H16FNO3/c14-10-2-4-11(5-3-10)18-8-12(16)15-9-13(17)6-1-7-13/h2-5,17H,1,6-9H2,(H,15,16). The largest absolute Gasteiger partial charge is 0.484 e. The van der Waals surface area contributed by atoms with Gasteiger partial charge < -0.3 is 15.2 Å². The topological polar surface area (TPSA) is 58.6 Å². The maximum absolute atomic E-state index is 12.6. The van der Waals surface area contributed by atoms with Gasteiger partial charge in [0.25, 0.3) is 5.91 Å². The fourth-order valence-corrected chi connectivity index (χ4v) is 1.76. The lowest BCUT2D eigenvalue weighted by Crippen LogP contribution is -2.48. The third-order valence-corrected chi connectivity index (χ3v) is 3.08. The van der Waals surface area contributed by atoms with Crippen molar-refractivity contribution in [2.75, 3.05) is 13.2 Å². The maximum Gasteiger partial charge on any atom is 0.258 e. The third kappa shape index (κ3) is 3.43. The van der Waals surface area contributed by atoms with Crippen LogP contribution in [0, 0.1) is 5.82 Å². The molecule has 2 N–H and O–H groups in total. The highest BCUT2D eigenvalue weighted by Crippen LogP contribution is 2.30. The second kappa shape index (κ2) is 5.35. The molecule has 0 bridgehead atoms. The van der Waals surface area contributed by atoms with Crippen molar-refractivity contribution in [3.8, 4) is 5.75 Å². The molecule has 0 saturated heterocycles. The summed E-state index contributed by atoms with van der Waals surface area (Å²) in [6, 6.07) is 5.46. The van der Waals surface area contributed by atoms with E-state index in [1.54, 1.807) is 0 Å². The van der Waals surface area contributed by atoms with Crippen LogP contribution in [0.1, 0.15) is 19.3 Å². The van der Waals surface area contributed by atoms with Gasteiger partial charge in [-0.15, -0.1) is 0 Å². The molecule has 0 radical (unpaired) electrons. The summed E-state index contributed by atoms with van der Waals surface area (Å²) in [5.41, 5.74) is -0.731. The molecule has 5 heteroatoms. The number of halogens is 1. The molecule has 1 amide bonds. The van der Waals surface area contributed by atoms with Crippen molar-refractivity contribution in [3.05, 3.63) is 30.1 Å². The van der Waals surface area contributed by atoms with Gasteiger partial charge >= 0.3 is 0 Å². The Morgan fingerprint density at radius 3 is 2.61 bits per heavy atom. The molecular weight excluding hydrogens is 237 g/mol. The monoisotopic (exact) mass is 253 g/mol. The molecule has 1 aliphatic carbocycles. The Hall–Kier alpha value is -1.62. The summed E-state index contributed by atoms with van der Waals surface area (Å²) in [4.78, 5) is 11.4. The predicted molar refractivity (Wildman–Crippen MR) is 63.7 cm³/mol. The summed E-state index contributed by atoms with van der Waals surface area (Å²) in [6.07, 6.45) is 2.46. The van der Waals surface area contributed by atoms with Crippen LogP contribution in [0.4, 0.5) is 4.39 Å². The lowest BCUT2D eigenvalue weighted by molar-refractivity contribution is -0.125. The molecule has 1 saturated carbocycles. The van der Waals surface area contributed by atoms with Crippen molar-refractivity contribution < 1.29 is 19.0 Å². The smallest absolute Gasteiger partial charge is 0.258 e. The van der Waals surface area contributed by atoms with E-state index >= 15 is 0 Å². The van der Waals surface area contributed by atoms with Gasteiger partial charge in [-0.05, 0) is 43.5 Å². The van der Waals surface area contributed by atoms with Gasteiger partial charge in [0.15, 0.2) is 6.61 Å². The lowest BCUT2D eigenvalue weighted by atomic mass is 9.80. The molecule has 1 fully saturated rings. The van der Waals surface area contributed by atoms with E-state index in [4.69, 9.17) is 4.74 Å². The molecule has 2 rings (SSSR count). The average molecular weight is 253 g/mol. The fraction of sp³-hybridized carbons (Fsp3) is 0.462. The number of amides is 1. The van der Waals surface area contributed by atoms with Gasteiger partial charge in [0, 0.05) is 6.54 Å². The normalized spacial score (nSPS) is 16.8. The molecule has 0 spiro atoms. The van der Waals surface area contributed by atoms with Crippen molar-refractivity contribution in [2.24, 2.45) is 0 Å². The first-order valence-corrected chi connectivity index (χ1v) is 5.95. The Bertz CT molecular complexity index is 415. The molecule has 1 aromatic carbocycles. The van der Waals surface area contributed by atoms with Crippen molar-refractivity contribution in [1.29, 1.82) is 0 Å². The zero-order valence-electron chi connectivity index (χ0n) is 9.99. The van der Waals surface area contributed by atoms with E-state index in [0.29, 0.717) is 5.75 Å². The number of hydrogen-bond acceptors (Lipinski definition) is 3. The minimum atomic E-state index is -0.731. The number of carbonyl (C=O) groups excluding carboxylic acids is 1. The van der Waals surface area contributed by atoms with Crippen molar-refractivity contribution in [3.63, 3.8) is 0 Å². The number of nitrogens with one attached hydrogen (secondary N) is 1. The number of benzene rings is 1. The van der Waals surface area contributed by atoms with Crippen LogP contribution in [0.5, 0.6) is 5.75 Å². The molecule has 1 aliphatic rings. The van der Waals surface area contributed by atoms with E-state index in [0.717, 1.165) is 19.3 Å². The Balaban J connectivity index is 1.69. The molecule has 1 aromatic rings. The first-order chi connectivity index (χ1) is 8.57. The summed E-state index contributed by atoms with van der Waals surface area (Å²) < 4.78 is 17.8. The summed E-state index contributed by atoms with van der Waals surface area (Å²) in [6.45, 7) is 0.125. The van der Waals surface area contributed by atoms with Gasteiger partial charge in [0.05, 0.1) is 5.60 Å². The van der Waals surface area contributed by atoms with Gasteiger partial charge in [-0.3, -0.25) is 4.79 Å². The highest BCUT2D eigenvalue weighted by Gasteiger charge is 2.34. The highest BCUT2D eigenvalue weighted by molar-refractivity contribution is 5.77. The number of aliphatic hydroxyl groups is 1. The Kier molecular flexibility index (Phi) is 3.81. The van der Waals surface area contributed by atoms with Gasteiger partial charge in [0.2, 0.25) is 0 Å². The SMILES string of the molecule is O=C(COc1ccc(F)cc1)NCC1(O)CCC1. The van der Waals surface area contributed by atoms with Gasteiger partial charge in [-0.1, -0.05) is 0 Å². The van der Waals surface area contributed by atoms with Crippen LogP contribution in [-0.4, -0.2) is 29.8 Å². The predicted octanol–water partition coefficient (Wildman–Crippen LogP) is 1.24. The Morgan fingerprint density at radius 1 is 1.39 bits per heavy atom. The third-order valence-electron chi connectivity index (χ3n) is 3.08. The van der Waals surface area contributed by atoms with E-state index in [2.05, 4.69) is 5.32 Å². The first kappa shape index (κ1) is 12.8. The number of hydrogen-bond donors (Lipinski definition) is 2. The van der Waals surface area contributed by atoms with Gasteiger partial charge in [-0.2, -0.15) is 0 Å². The van der Waals surface area contributed by atoms with Crippen LogP contribution in [0.3, 0.4) is 0 Å². The maximum atomic E-state index is 12.6. The van der Waals surface area contributed by atoms with Crippen molar-refractivity contribution in [2.45, 2.75) is 24.9 Å². The first-order valence-electron chi connectivity index (χ1n) is 5.95. The van der Waals surface area contributed by atoms with E-state index in [1.165, 1.54) is 24.3 Å². The van der Waals surface area contributed by atoms with Crippen LogP contribution in [0.15, 0.2) is 24.3 Å². The van der Waals surface area contributed by atoms with E-state index in [9.17, 15) is 14.3 Å². The zero-order valence-corrected chi connectivity index (χ0v) is 9.99. The molecule has 98 valence electrons. The van der Waals surface area contributed by atoms with Crippen LogP contribution >= 0.6 is 0 Å².